The minimum Gasteiger partial charge on any atom is -0.357 e. The normalized spacial score (nSPS) is 16.6. The topological polar surface area (TPSA) is 66.9 Å². The van der Waals surface area contributed by atoms with Crippen molar-refractivity contribution in [2.75, 3.05) is 5.32 Å². The van der Waals surface area contributed by atoms with Crippen molar-refractivity contribution < 1.29 is 4.79 Å². The standard InChI is InChI=1S/C11H16N4O/c1-7-10(13-6-5-12-7)14-8(2)11(16)15-9-3-4-9/h5-6,8-9H,3-4H2,1-2H3,(H,13,14)(H,15,16). The summed E-state index contributed by atoms with van der Waals surface area (Å²) in [5, 5.41) is 6.00. The first-order valence-corrected chi connectivity index (χ1v) is 5.51. The first-order chi connectivity index (χ1) is 7.66. The average Bonchev–Trinajstić information content (AvgIpc) is 3.05. The van der Waals surface area contributed by atoms with Crippen LogP contribution in [-0.4, -0.2) is 28.0 Å². The Morgan fingerprint density at radius 2 is 2.12 bits per heavy atom. The zero-order valence-corrected chi connectivity index (χ0v) is 9.53. The van der Waals surface area contributed by atoms with Crippen LogP contribution < -0.4 is 10.6 Å². The van der Waals surface area contributed by atoms with Crippen LogP contribution in [-0.2, 0) is 4.79 Å². The van der Waals surface area contributed by atoms with E-state index in [4.69, 9.17) is 0 Å². The highest BCUT2D eigenvalue weighted by Crippen LogP contribution is 2.19. The van der Waals surface area contributed by atoms with E-state index in [1.807, 2.05) is 13.8 Å². The largest absolute Gasteiger partial charge is 0.357 e. The summed E-state index contributed by atoms with van der Waals surface area (Å²) in [7, 11) is 0. The molecule has 1 atom stereocenters. The summed E-state index contributed by atoms with van der Waals surface area (Å²) in [6, 6.07) is 0.107. The number of hydrogen-bond acceptors (Lipinski definition) is 4. The van der Waals surface area contributed by atoms with Crippen LogP contribution in [0.1, 0.15) is 25.5 Å². The molecule has 1 heterocycles. The Balaban J connectivity index is 1.92. The number of nitrogens with zero attached hydrogens (tertiary/aromatic N) is 2. The lowest BCUT2D eigenvalue weighted by atomic mass is 10.3. The second-order valence-electron chi connectivity index (χ2n) is 4.14. The third-order valence-corrected chi connectivity index (χ3v) is 2.55. The van der Waals surface area contributed by atoms with Crippen LogP contribution in [0.4, 0.5) is 5.82 Å². The van der Waals surface area contributed by atoms with Crippen LogP contribution in [0.15, 0.2) is 12.4 Å². The van der Waals surface area contributed by atoms with E-state index in [9.17, 15) is 4.79 Å². The maximum absolute atomic E-state index is 11.7. The van der Waals surface area contributed by atoms with Gasteiger partial charge in [-0.2, -0.15) is 0 Å². The first-order valence-electron chi connectivity index (χ1n) is 5.51. The third-order valence-electron chi connectivity index (χ3n) is 2.55. The number of anilines is 1. The molecule has 1 amide bonds. The van der Waals surface area contributed by atoms with Gasteiger partial charge in [0.2, 0.25) is 5.91 Å². The molecular formula is C11H16N4O. The number of nitrogens with one attached hydrogen (secondary N) is 2. The summed E-state index contributed by atoms with van der Waals surface area (Å²) in [5.74, 6) is 0.688. The van der Waals surface area contributed by atoms with E-state index in [-0.39, 0.29) is 11.9 Å². The fourth-order valence-corrected chi connectivity index (χ4v) is 1.37. The van der Waals surface area contributed by atoms with Gasteiger partial charge in [0.25, 0.3) is 0 Å². The molecule has 5 heteroatoms. The molecule has 0 aromatic carbocycles. The molecule has 16 heavy (non-hydrogen) atoms. The molecule has 0 aliphatic heterocycles. The molecule has 0 radical (unpaired) electrons. The second kappa shape index (κ2) is 4.47. The van der Waals surface area contributed by atoms with Crippen LogP contribution in [0.25, 0.3) is 0 Å². The molecule has 1 aromatic rings. The van der Waals surface area contributed by atoms with Crippen molar-refractivity contribution in [3.8, 4) is 0 Å². The summed E-state index contributed by atoms with van der Waals surface area (Å²) < 4.78 is 0. The fourth-order valence-electron chi connectivity index (χ4n) is 1.37. The molecule has 1 fully saturated rings. The summed E-state index contributed by atoms with van der Waals surface area (Å²) >= 11 is 0. The number of aromatic nitrogens is 2. The Morgan fingerprint density at radius 1 is 1.44 bits per heavy atom. The van der Waals surface area contributed by atoms with Gasteiger partial charge >= 0.3 is 0 Å². The smallest absolute Gasteiger partial charge is 0.242 e. The van der Waals surface area contributed by atoms with Crippen LogP contribution in [0, 0.1) is 6.92 Å². The zero-order chi connectivity index (χ0) is 11.5. The maximum Gasteiger partial charge on any atom is 0.242 e. The molecule has 0 bridgehead atoms. The van der Waals surface area contributed by atoms with E-state index in [0.29, 0.717) is 11.9 Å². The van der Waals surface area contributed by atoms with Crippen molar-refractivity contribution in [3.05, 3.63) is 18.1 Å². The Kier molecular flexibility index (Phi) is 3.03. The minimum absolute atomic E-state index is 0.0209. The Labute approximate surface area is 94.7 Å². The van der Waals surface area contributed by atoms with Gasteiger partial charge in [-0.25, -0.2) is 4.98 Å². The van der Waals surface area contributed by atoms with E-state index in [0.717, 1.165) is 18.5 Å². The van der Waals surface area contributed by atoms with Crippen LogP contribution in [0.5, 0.6) is 0 Å². The Bertz CT molecular complexity index is 389. The number of carbonyl (C=O) groups is 1. The fraction of sp³-hybridized carbons (Fsp3) is 0.545. The van der Waals surface area contributed by atoms with Gasteiger partial charge in [0.05, 0.1) is 5.69 Å². The highest BCUT2D eigenvalue weighted by Gasteiger charge is 2.25. The summed E-state index contributed by atoms with van der Waals surface area (Å²) in [5.41, 5.74) is 0.800. The Morgan fingerprint density at radius 3 is 2.75 bits per heavy atom. The summed E-state index contributed by atoms with van der Waals surface area (Å²) in [6.45, 7) is 3.69. The zero-order valence-electron chi connectivity index (χ0n) is 9.53. The van der Waals surface area contributed by atoms with Crippen molar-refractivity contribution in [1.29, 1.82) is 0 Å². The van der Waals surface area contributed by atoms with Crippen LogP contribution >= 0.6 is 0 Å². The molecule has 0 spiro atoms. The highest BCUT2D eigenvalue weighted by atomic mass is 16.2. The lowest BCUT2D eigenvalue weighted by molar-refractivity contribution is -0.121. The lowest BCUT2D eigenvalue weighted by Crippen LogP contribution is -2.39. The minimum atomic E-state index is -0.281. The van der Waals surface area contributed by atoms with Gasteiger partial charge in [-0.1, -0.05) is 0 Å². The quantitative estimate of drug-likeness (QED) is 0.790. The van der Waals surface area contributed by atoms with Crippen molar-refractivity contribution in [1.82, 2.24) is 15.3 Å². The van der Waals surface area contributed by atoms with E-state index in [2.05, 4.69) is 20.6 Å². The molecule has 1 aliphatic rings. The van der Waals surface area contributed by atoms with E-state index in [1.54, 1.807) is 12.4 Å². The van der Waals surface area contributed by atoms with Gasteiger partial charge in [0, 0.05) is 18.4 Å². The molecule has 86 valence electrons. The molecule has 0 saturated heterocycles. The average molecular weight is 220 g/mol. The maximum atomic E-state index is 11.7. The molecular weight excluding hydrogens is 204 g/mol. The van der Waals surface area contributed by atoms with Gasteiger partial charge in [0.15, 0.2) is 0 Å². The first kappa shape index (κ1) is 10.9. The predicted molar refractivity (Wildman–Crippen MR) is 61.0 cm³/mol. The van der Waals surface area contributed by atoms with Crippen LogP contribution in [0.3, 0.4) is 0 Å². The van der Waals surface area contributed by atoms with Gasteiger partial charge in [0.1, 0.15) is 11.9 Å². The van der Waals surface area contributed by atoms with Gasteiger partial charge in [-0.15, -0.1) is 0 Å². The van der Waals surface area contributed by atoms with Crippen molar-refractivity contribution in [2.45, 2.75) is 38.8 Å². The molecule has 1 aromatic heterocycles. The summed E-state index contributed by atoms with van der Waals surface area (Å²) in [6.07, 6.45) is 5.45. The molecule has 1 saturated carbocycles. The van der Waals surface area contributed by atoms with Gasteiger partial charge < -0.3 is 10.6 Å². The van der Waals surface area contributed by atoms with Gasteiger partial charge in [-0.3, -0.25) is 9.78 Å². The predicted octanol–water partition coefficient (Wildman–Crippen LogP) is 0.864. The van der Waals surface area contributed by atoms with E-state index >= 15 is 0 Å². The molecule has 5 nitrogen and oxygen atoms in total. The van der Waals surface area contributed by atoms with Crippen LogP contribution in [0.2, 0.25) is 0 Å². The van der Waals surface area contributed by atoms with E-state index < -0.39 is 0 Å². The lowest BCUT2D eigenvalue weighted by Gasteiger charge is -2.15. The number of carbonyl (C=O) groups excluding carboxylic acids is 1. The number of hydrogen-bond donors (Lipinski definition) is 2. The Hall–Kier alpha value is -1.65. The van der Waals surface area contributed by atoms with Gasteiger partial charge in [-0.05, 0) is 26.7 Å². The number of rotatable bonds is 4. The molecule has 1 aliphatic carbocycles. The number of aryl methyl sites for hydroxylation is 1. The molecule has 1 unspecified atom stereocenters. The monoisotopic (exact) mass is 220 g/mol. The highest BCUT2D eigenvalue weighted by molar-refractivity contribution is 5.84. The van der Waals surface area contributed by atoms with Crippen molar-refractivity contribution >= 4 is 11.7 Å². The van der Waals surface area contributed by atoms with E-state index in [1.165, 1.54) is 0 Å². The summed E-state index contributed by atoms with van der Waals surface area (Å²) in [4.78, 5) is 19.9. The SMILES string of the molecule is Cc1nccnc1NC(C)C(=O)NC1CC1. The molecule has 2 N–H and O–H groups in total. The third kappa shape index (κ3) is 2.68. The van der Waals surface area contributed by atoms with Crippen molar-refractivity contribution in [3.63, 3.8) is 0 Å². The molecule has 2 rings (SSSR count). The number of amides is 1. The second-order valence-corrected chi connectivity index (χ2v) is 4.14. The van der Waals surface area contributed by atoms with Crippen molar-refractivity contribution in [2.24, 2.45) is 0 Å².